The van der Waals surface area contributed by atoms with Crippen molar-refractivity contribution in [2.45, 2.75) is 0 Å². The fraction of sp³-hybridized carbons (Fsp3) is 0. The Bertz CT molecular complexity index is 2740. The summed E-state index contributed by atoms with van der Waals surface area (Å²) in [6, 6.07) is 56.1. The average Bonchev–Trinajstić information content (AvgIpc) is 3.67. The van der Waals surface area contributed by atoms with Crippen molar-refractivity contribution in [3.63, 3.8) is 0 Å². The lowest BCUT2D eigenvalue weighted by molar-refractivity contribution is 0.664. The van der Waals surface area contributed by atoms with Gasteiger partial charge in [-0.25, -0.2) is 0 Å². The number of hydrogen-bond donors (Lipinski definition) is 0. The van der Waals surface area contributed by atoms with Gasteiger partial charge < -0.3 is 8.83 Å². The third-order valence-electron chi connectivity index (χ3n) is 9.48. The molecule has 0 saturated heterocycles. The summed E-state index contributed by atoms with van der Waals surface area (Å²) in [7, 11) is 0. The summed E-state index contributed by atoms with van der Waals surface area (Å²) in [6.07, 6.45) is 0. The second kappa shape index (κ2) is 9.69. The van der Waals surface area contributed by atoms with Gasteiger partial charge in [-0.2, -0.15) is 0 Å². The molecule has 0 bridgehead atoms. The van der Waals surface area contributed by atoms with E-state index < -0.39 is 0 Å². The van der Waals surface area contributed by atoms with Crippen LogP contribution >= 0.6 is 0 Å². The molecule has 0 fully saturated rings. The Morgan fingerprint density at radius 1 is 0.283 bits per heavy atom. The minimum absolute atomic E-state index is 0.864. The van der Waals surface area contributed by atoms with Crippen molar-refractivity contribution in [2.75, 3.05) is 0 Å². The molecular weight excluding hydrogens is 560 g/mol. The number of benzene rings is 8. The highest BCUT2D eigenvalue weighted by molar-refractivity contribution is 6.27. The molecule has 0 amide bonds. The molecule has 2 nitrogen and oxygen atoms in total. The molecule has 0 N–H and O–H groups in total. The van der Waals surface area contributed by atoms with Gasteiger partial charge in [-0.05, 0) is 79.2 Å². The number of rotatable bonds is 3. The molecule has 0 aliphatic heterocycles. The van der Waals surface area contributed by atoms with E-state index in [0.29, 0.717) is 0 Å². The SMILES string of the molecule is c1ccc(-c2ccccc2-c2c3ccccc3c(-c3cccc4oc5cc6c(cc5c34)oc3ccccc36)c3ccccc23)cc1. The molecule has 0 aliphatic rings. The average molecular weight is 587 g/mol. The molecule has 214 valence electrons. The molecule has 10 aromatic rings. The molecule has 2 aromatic heterocycles. The van der Waals surface area contributed by atoms with E-state index in [1.54, 1.807) is 0 Å². The van der Waals surface area contributed by atoms with E-state index in [-0.39, 0.29) is 0 Å². The van der Waals surface area contributed by atoms with Crippen LogP contribution in [0.4, 0.5) is 0 Å². The van der Waals surface area contributed by atoms with Crippen LogP contribution < -0.4 is 0 Å². The van der Waals surface area contributed by atoms with Gasteiger partial charge in [0.05, 0.1) is 0 Å². The zero-order chi connectivity index (χ0) is 30.2. The van der Waals surface area contributed by atoms with E-state index >= 15 is 0 Å². The molecule has 2 heterocycles. The monoisotopic (exact) mass is 586 g/mol. The molecule has 10 rings (SSSR count). The second-order valence-electron chi connectivity index (χ2n) is 12.0. The van der Waals surface area contributed by atoms with Gasteiger partial charge in [0.1, 0.15) is 22.3 Å². The third-order valence-corrected chi connectivity index (χ3v) is 9.48. The number of fused-ring (bicyclic) bond motifs is 8. The van der Waals surface area contributed by atoms with Crippen LogP contribution in [0.5, 0.6) is 0 Å². The number of furan rings is 2. The maximum atomic E-state index is 6.58. The first-order valence-electron chi connectivity index (χ1n) is 15.7. The highest BCUT2D eigenvalue weighted by Gasteiger charge is 2.22. The Balaban J connectivity index is 1.33. The molecule has 2 heteroatoms. The molecule has 8 aromatic carbocycles. The van der Waals surface area contributed by atoms with Gasteiger partial charge in [0.15, 0.2) is 0 Å². The summed E-state index contributed by atoms with van der Waals surface area (Å²) in [4.78, 5) is 0. The molecule has 0 spiro atoms. The minimum atomic E-state index is 0.864. The lowest BCUT2D eigenvalue weighted by Crippen LogP contribution is -1.93. The van der Waals surface area contributed by atoms with Crippen molar-refractivity contribution in [2.24, 2.45) is 0 Å². The van der Waals surface area contributed by atoms with Crippen LogP contribution in [0, 0.1) is 0 Å². The fourth-order valence-corrected chi connectivity index (χ4v) is 7.53. The summed E-state index contributed by atoms with van der Waals surface area (Å²) in [5.41, 5.74) is 10.8. The first-order chi connectivity index (χ1) is 22.8. The molecular formula is C44H26O2. The maximum Gasteiger partial charge on any atom is 0.136 e. The molecule has 0 unspecified atom stereocenters. The van der Waals surface area contributed by atoms with Crippen molar-refractivity contribution in [1.82, 2.24) is 0 Å². The Kier molecular flexibility index (Phi) is 5.31. The summed E-state index contributed by atoms with van der Waals surface area (Å²) >= 11 is 0. The van der Waals surface area contributed by atoms with Crippen LogP contribution in [0.2, 0.25) is 0 Å². The number of hydrogen-bond acceptors (Lipinski definition) is 2. The Morgan fingerprint density at radius 2 is 0.761 bits per heavy atom. The largest absolute Gasteiger partial charge is 0.456 e. The van der Waals surface area contributed by atoms with Gasteiger partial charge in [0.25, 0.3) is 0 Å². The minimum Gasteiger partial charge on any atom is -0.456 e. The van der Waals surface area contributed by atoms with Crippen LogP contribution in [-0.4, -0.2) is 0 Å². The quantitative estimate of drug-likeness (QED) is 0.193. The molecule has 46 heavy (non-hydrogen) atoms. The summed E-state index contributed by atoms with van der Waals surface area (Å²) in [5.74, 6) is 0. The van der Waals surface area contributed by atoms with Crippen molar-refractivity contribution in [3.8, 4) is 33.4 Å². The van der Waals surface area contributed by atoms with Gasteiger partial charge in [-0.3, -0.25) is 0 Å². The normalized spacial score (nSPS) is 11.9. The maximum absolute atomic E-state index is 6.58. The van der Waals surface area contributed by atoms with Gasteiger partial charge in [0, 0.05) is 21.5 Å². The number of para-hydroxylation sites is 1. The zero-order valence-electron chi connectivity index (χ0n) is 24.8. The lowest BCUT2D eigenvalue weighted by atomic mass is 9.83. The van der Waals surface area contributed by atoms with Crippen molar-refractivity contribution in [1.29, 1.82) is 0 Å². The Morgan fingerprint density at radius 3 is 1.48 bits per heavy atom. The van der Waals surface area contributed by atoms with Gasteiger partial charge in [-0.1, -0.05) is 133 Å². The van der Waals surface area contributed by atoms with Gasteiger partial charge in [0.2, 0.25) is 0 Å². The van der Waals surface area contributed by atoms with E-state index in [1.165, 1.54) is 49.4 Å². The van der Waals surface area contributed by atoms with E-state index in [0.717, 1.165) is 49.4 Å². The Labute approximate surface area is 264 Å². The van der Waals surface area contributed by atoms with E-state index in [2.05, 4.69) is 146 Å². The van der Waals surface area contributed by atoms with Crippen LogP contribution in [0.15, 0.2) is 167 Å². The predicted molar refractivity (Wildman–Crippen MR) is 192 cm³/mol. The summed E-state index contributed by atoms with van der Waals surface area (Å²) < 4.78 is 12.9. The molecule has 0 atom stereocenters. The van der Waals surface area contributed by atoms with E-state index in [4.69, 9.17) is 8.83 Å². The molecule has 0 saturated carbocycles. The summed E-state index contributed by atoms with van der Waals surface area (Å²) in [6.45, 7) is 0. The topological polar surface area (TPSA) is 26.3 Å². The van der Waals surface area contributed by atoms with Crippen LogP contribution in [0.3, 0.4) is 0 Å². The Hall–Kier alpha value is -6.12. The van der Waals surface area contributed by atoms with Crippen LogP contribution in [0.25, 0.3) is 98.8 Å². The van der Waals surface area contributed by atoms with Gasteiger partial charge >= 0.3 is 0 Å². The standard InChI is InChI=1S/C44H26O2/c1-2-13-27(14-3-1)28-15-4-5-17-30(28)42-31-18-6-8-20-33(31)43(34-21-9-7-19-32(34)42)35-22-12-24-39-44(35)37-26-40-36(25-41(37)46-39)29-16-10-11-23-38(29)45-40/h1-26H. The first-order valence-corrected chi connectivity index (χ1v) is 15.7. The van der Waals surface area contributed by atoms with Crippen molar-refractivity contribution < 1.29 is 8.83 Å². The van der Waals surface area contributed by atoms with E-state index in [9.17, 15) is 0 Å². The van der Waals surface area contributed by atoms with Crippen molar-refractivity contribution >= 4 is 65.4 Å². The first kappa shape index (κ1) is 25.2. The predicted octanol–water partition coefficient (Wildman–Crippen LogP) is 12.8. The molecule has 0 aliphatic carbocycles. The van der Waals surface area contributed by atoms with Crippen molar-refractivity contribution in [3.05, 3.63) is 158 Å². The van der Waals surface area contributed by atoms with Crippen LogP contribution in [-0.2, 0) is 0 Å². The third kappa shape index (κ3) is 3.59. The van der Waals surface area contributed by atoms with E-state index in [1.807, 2.05) is 12.1 Å². The second-order valence-corrected chi connectivity index (χ2v) is 12.0. The lowest BCUT2D eigenvalue weighted by Gasteiger charge is -2.20. The van der Waals surface area contributed by atoms with Crippen LogP contribution in [0.1, 0.15) is 0 Å². The fourth-order valence-electron chi connectivity index (χ4n) is 7.53. The van der Waals surface area contributed by atoms with Gasteiger partial charge in [-0.15, -0.1) is 0 Å². The highest BCUT2D eigenvalue weighted by Crippen LogP contribution is 2.48. The highest BCUT2D eigenvalue weighted by atomic mass is 16.3. The zero-order valence-corrected chi connectivity index (χ0v) is 24.8. The smallest absolute Gasteiger partial charge is 0.136 e. The molecule has 0 radical (unpaired) electrons. The summed E-state index contributed by atoms with van der Waals surface area (Å²) in [5, 5.41) is 9.21.